The molecule has 0 fully saturated rings. The normalized spacial score (nSPS) is 18.4. The second kappa shape index (κ2) is 5.16. The van der Waals surface area contributed by atoms with E-state index in [4.69, 9.17) is 4.11 Å². The van der Waals surface area contributed by atoms with E-state index >= 15 is 0 Å². The molecule has 0 amide bonds. The van der Waals surface area contributed by atoms with Gasteiger partial charge in [0.15, 0.2) is 0 Å². The quantitative estimate of drug-likeness (QED) is 0.591. The van der Waals surface area contributed by atoms with Gasteiger partial charge in [-0.05, 0) is 12.3 Å². The molecule has 0 aliphatic heterocycles. The number of ether oxygens (including phenoxy) is 1. The SMILES string of the molecule is [2H]C([2H])([2H])OC(=O)C(CCC)C(C)C. The van der Waals surface area contributed by atoms with Gasteiger partial charge in [-0.15, -0.1) is 0 Å². The Morgan fingerprint density at radius 3 is 2.64 bits per heavy atom. The summed E-state index contributed by atoms with van der Waals surface area (Å²) in [7, 11) is -2.61. The summed E-state index contributed by atoms with van der Waals surface area (Å²) in [6.07, 6.45) is 1.52. The Hall–Kier alpha value is -0.530. The van der Waals surface area contributed by atoms with Crippen LogP contribution < -0.4 is 0 Å². The highest BCUT2D eigenvalue weighted by molar-refractivity contribution is 5.72. The fraction of sp³-hybridized carbons (Fsp3) is 0.889. The molecule has 0 saturated carbocycles. The van der Waals surface area contributed by atoms with Gasteiger partial charge in [-0.25, -0.2) is 0 Å². The van der Waals surface area contributed by atoms with E-state index in [1.54, 1.807) is 0 Å². The lowest BCUT2D eigenvalue weighted by molar-refractivity contribution is -0.147. The van der Waals surface area contributed by atoms with E-state index in [-0.39, 0.29) is 11.8 Å². The van der Waals surface area contributed by atoms with Crippen molar-refractivity contribution in [3.05, 3.63) is 0 Å². The molecular weight excluding hydrogens is 140 g/mol. The molecule has 0 aromatic carbocycles. The number of hydrogen-bond acceptors (Lipinski definition) is 2. The molecule has 0 bridgehead atoms. The molecule has 0 N–H and O–H groups in total. The minimum Gasteiger partial charge on any atom is -0.469 e. The number of methoxy groups -OCH3 is 1. The topological polar surface area (TPSA) is 26.3 Å². The van der Waals surface area contributed by atoms with E-state index < -0.39 is 13.0 Å². The second-order valence-electron chi connectivity index (χ2n) is 3.06. The summed E-state index contributed by atoms with van der Waals surface area (Å²) in [4.78, 5) is 11.4. The van der Waals surface area contributed by atoms with Crippen LogP contribution in [0.1, 0.15) is 37.7 Å². The molecule has 0 aromatic rings. The van der Waals surface area contributed by atoms with Gasteiger partial charge in [0, 0.05) is 0 Å². The molecule has 0 heterocycles. The second-order valence-corrected chi connectivity index (χ2v) is 3.06. The van der Waals surface area contributed by atoms with Crippen LogP contribution in [0.3, 0.4) is 0 Å². The minimum atomic E-state index is -2.61. The first-order valence-corrected chi connectivity index (χ1v) is 4.00. The van der Waals surface area contributed by atoms with Crippen molar-refractivity contribution in [1.82, 2.24) is 0 Å². The zero-order valence-corrected chi connectivity index (χ0v) is 7.39. The van der Waals surface area contributed by atoms with Gasteiger partial charge in [-0.3, -0.25) is 4.79 Å². The van der Waals surface area contributed by atoms with E-state index in [0.717, 1.165) is 6.42 Å². The maximum Gasteiger partial charge on any atom is 0.308 e. The Bertz CT molecular complexity index is 187. The molecule has 0 saturated heterocycles. The van der Waals surface area contributed by atoms with Crippen LogP contribution in [0.5, 0.6) is 0 Å². The van der Waals surface area contributed by atoms with Gasteiger partial charge in [0.25, 0.3) is 0 Å². The molecule has 0 aliphatic rings. The van der Waals surface area contributed by atoms with Gasteiger partial charge < -0.3 is 4.74 Å². The summed E-state index contributed by atoms with van der Waals surface area (Å²) in [5.74, 6) is -0.799. The molecule has 0 spiro atoms. The molecule has 2 heteroatoms. The van der Waals surface area contributed by atoms with Gasteiger partial charge in [0.2, 0.25) is 0 Å². The number of esters is 1. The van der Waals surface area contributed by atoms with Gasteiger partial charge in [0.1, 0.15) is 0 Å². The summed E-state index contributed by atoms with van der Waals surface area (Å²) in [5.41, 5.74) is 0. The first-order valence-electron chi connectivity index (χ1n) is 5.50. The minimum absolute atomic E-state index is 0.116. The third-order valence-corrected chi connectivity index (χ3v) is 1.81. The molecule has 2 nitrogen and oxygen atoms in total. The summed E-state index contributed by atoms with van der Waals surface area (Å²) in [6, 6.07) is 0. The molecule has 1 atom stereocenters. The lowest BCUT2D eigenvalue weighted by atomic mass is 9.92. The Morgan fingerprint density at radius 1 is 1.64 bits per heavy atom. The maximum absolute atomic E-state index is 11.4. The fourth-order valence-electron chi connectivity index (χ4n) is 1.11. The number of rotatable bonds is 4. The average molecular weight is 161 g/mol. The molecule has 0 aromatic heterocycles. The van der Waals surface area contributed by atoms with Crippen LogP contribution in [-0.2, 0) is 9.53 Å². The molecule has 0 radical (unpaired) electrons. The molecule has 0 aliphatic carbocycles. The third kappa shape index (κ3) is 3.40. The summed E-state index contributed by atoms with van der Waals surface area (Å²) < 4.78 is 24.8. The predicted octanol–water partition coefficient (Wildman–Crippen LogP) is 2.23. The van der Waals surface area contributed by atoms with Crippen LogP contribution in [0.25, 0.3) is 0 Å². The molecular formula is C9H18O2. The van der Waals surface area contributed by atoms with E-state index in [2.05, 4.69) is 4.74 Å². The van der Waals surface area contributed by atoms with Crippen LogP contribution in [0.2, 0.25) is 0 Å². The van der Waals surface area contributed by atoms with Gasteiger partial charge in [0.05, 0.1) is 17.1 Å². The van der Waals surface area contributed by atoms with E-state index in [0.29, 0.717) is 6.42 Å². The maximum atomic E-state index is 11.4. The Balaban J connectivity index is 4.30. The third-order valence-electron chi connectivity index (χ3n) is 1.81. The summed E-state index contributed by atoms with van der Waals surface area (Å²) in [6.45, 7) is 5.74. The summed E-state index contributed by atoms with van der Waals surface area (Å²) in [5, 5.41) is 0. The van der Waals surface area contributed by atoms with E-state index in [1.165, 1.54) is 0 Å². The zero-order chi connectivity index (χ0) is 11.4. The van der Waals surface area contributed by atoms with Crippen molar-refractivity contribution in [3.63, 3.8) is 0 Å². The average Bonchev–Trinajstić information content (AvgIpc) is 1.95. The van der Waals surface area contributed by atoms with Crippen molar-refractivity contribution >= 4 is 5.97 Å². The molecule has 11 heavy (non-hydrogen) atoms. The molecule has 66 valence electrons. The van der Waals surface area contributed by atoms with Crippen molar-refractivity contribution in [2.45, 2.75) is 33.6 Å². The molecule has 1 unspecified atom stereocenters. The monoisotopic (exact) mass is 161 g/mol. The van der Waals surface area contributed by atoms with Crippen LogP contribution in [-0.4, -0.2) is 13.0 Å². The van der Waals surface area contributed by atoms with Crippen LogP contribution in [0, 0.1) is 11.8 Å². The lowest BCUT2D eigenvalue weighted by Gasteiger charge is -2.16. The van der Waals surface area contributed by atoms with E-state index in [9.17, 15) is 4.79 Å². The number of carbonyl (C=O) groups is 1. The first kappa shape index (κ1) is 6.04. The van der Waals surface area contributed by atoms with E-state index in [1.807, 2.05) is 20.8 Å². The lowest BCUT2D eigenvalue weighted by Crippen LogP contribution is -2.21. The fourth-order valence-corrected chi connectivity index (χ4v) is 1.11. The first-order chi connectivity index (χ1) is 6.28. The smallest absolute Gasteiger partial charge is 0.308 e. The van der Waals surface area contributed by atoms with Crippen molar-refractivity contribution in [1.29, 1.82) is 0 Å². The predicted molar refractivity (Wildman–Crippen MR) is 45.3 cm³/mol. The Labute approximate surface area is 73.1 Å². The van der Waals surface area contributed by atoms with Crippen LogP contribution in [0.4, 0.5) is 0 Å². The Kier molecular flexibility index (Phi) is 2.83. The van der Waals surface area contributed by atoms with Crippen LogP contribution >= 0.6 is 0 Å². The number of hydrogen-bond donors (Lipinski definition) is 0. The van der Waals surface area contributed by atoms with Crippen molar-refractivity contribution in [3.8, 4) is 0 Å². The molecule has 0 rings (SSSR count). The zero-order valence-electron chi connectivity index (χ0n) is 10.4. The standard InChI is InChI=1S/C9H18O2/c1-5-6-8(7(2)3)9(10)11-4/h7-8H,5-6H2,1-4H3/i4D3. The van der Waals surface area contributed by atoms with Crippen molar-refractivity contribution in [2.75, 3.05) is 7.04 Å². The Morgan fingerprint density at radius 2 is 2.27 bits per heavy atom. The highest BCUT2D eigenvalue weighted by Crippen LogP contribution is 2.17. The van der Waals surface area contributed by atoms with Crippen molar-refractivity contribution < 1.29 is 13.6 Å². The highest BCUT2D eigenvalue weighted by Gasteiger charge is 2.21. The number of carbonyl (C=O) groups excluding carboxylic acids is 1. The largest absolute Gasteiger partial charge is 0.469 e. The van der Waals surface area contributed by atoms with Crippen LogP contribution in [0.15, 0.2) is 0 Å². The van der Waals surface area contributed by atoms with Gasteiger partial charge in [-0.2, -0.15) is 0 Å². The van der Waals surface area contributed by atoms with Gasteiger partial charge in [-0.1, -0.05) is 27.2 Å². The van der Waals surface area contributed by atoms with Crippen molar-refractivity contribution in [2.24, 2.45) is 11.8 Å². The van der Waals surface area contributed by atoms with Gasteiger partial charge >= 0.3 is 5.97 Å². The summed E-state index contributed by atoms with van der Waals surface area (Å²) >= 11 is 0. The highest BCUT2D eigenvalue weighted by atomic mass is 16.5.